The molecule has 4 heterocycles. The van der Waals surface area contributed by atoms with Gasteiger partial charge < -0.3 is 14.7 Å². The van der Waals surface area contributed by atoms with Gasteiger partial charge >= 0.3 is 0 Å². The molecule has 7 nitrogen and oxygen atoms in total. The maximum atomic E-state index is 13.5. The Morgan fingerprint density at radius 3 is 3.00 bits per heavy atom. The maximum Gasteiger partial charge on any atom is 0.261 e. The summed E-state index contributed by atoms with van der Waals surface area (Å²) in [5, 5.41) is 11.4. The molecular formula is C23H23ClN4O3. The van der Waals surface area contributed by atoms with Gasteiger partial charge in [0.15, 0.2) is 0 Å². The molecule has 0 aliphatic carbocycles. The lowest BCUT2D eigenvalue weighted by molar-refractivity contribution is -0.0395. The van der Waals surface area contributed by atoms with Crippen molar-refractivity contribution in [2.75, 3.05) is 31.7 Å². The van der Waals surface area contributed by atoms with Crippen LogP contribution in [0.5, 0.6) is 0 Å². The zero-order valence-electron chi connectivity index (χ0n) is 17.2. The number of nitrogens with zero attached hydrogens (tertiary/aromatic N) is 4. The first-order chi connectivity index (χ1) is 15.0. The summed E-state index contributed by atoms with van der Waals surface area (Å²) < 4.78 is 6.89. The van der Waals surface area contributed by atoms with Crippen LogP contribution in [0.1, 0.15) is 29.2 Å². The largest absolute Gasteiger partial charge is 0.389 e. The Labute approximate surface area is 184 Å². The van der Waals surface area contributed by atoms with Gasteiger partial charge in [-0.2, -0.15) is 0 Å². The Morgan fingerprint density at radius 2 is 2.19 bits per heavy atom. The van der Waals surface area contributed by atoms with Crippen molar-refractivity contribution in [3.63, 3.8) is 0 Å². The molecule has 0 spiro atoms. The summed E-state index contributed by atoms with van der Waals surface area (Å²) in [7, 11) is 2.00. The average molecular weight is 439 g/mol. The van der Waals surface area contributed by atoms with Crippen molar-refractivity contribution in [2.45, 2.75) is 25.0 Å². The topological polar surface area (TPSA) is 80.5 Å². The van der Waals surface area contributed by atoms with Gasteiger partial charge in [0.25, 0.3) is 5.56 Å². The number of anilines is 1. The van der Waals surface area contributed by atoms with Crippen LogP contribution in [-0.2, 0) is 11.2 Å². The molecule has 2 aliphatic heterocycles. The molecule has 1 aromatic carbocycles. The van der Waals surface area contributed by atoms with Crippen LogP contribution in [0.15, 0.2) is 41.6 Å². The van der Waals surface area contributed by atoms with Crippen LogP contribution in [0, 0.1) is 0 Å². The van der Waals surface area contributed by atoms with Crippen LogP contribution in [0.25, 0.3) is 17.0 Å². The summed E-state index contributed by atoms with van der Waals surface area (Å²) in [6.07, 6.45) is 7.93. The number of ether oxygens (including phenoxy) is 1. The lowest BCUT2D eigenvalue weighted by Crippen LogP contribution is -2.39. The number of hydrogen-bond donors (Lipinski definition) is 1. The predicted octanol–water partition coefficient (Wildman–Crippen LogP) is 2.82. The summed E-state index contributed by atoms with van der Waals surface area (Å²) in [6.45, 7) is 1.48. The van der Waals surface area contributed by atoms with Crippen molar-refractivity contribution >= 4 is 34.3 Å². The molecule has 8 heteroatoms. The minimum Gasteiger partial charge on any atom is -0.389 e. The molecule has 0 radical (unpaired) electrons. The molecule has 1 saturated heterocycles. The quantitative estimate of drug-likeness (QED) is 0.633. The molecule has 2 aliphatic rings. The summed E-state index contributed by atoms with van der Waals surface area (Å²) >= 11 is 6.09. The van der Waals surface area contributed by atoms with Crippen LogP contribution < -0.4 is 10.5 Å². The van der Waals surface area contributed by atoms with E-state index in [-0.39, 0.29) is 18.2 Å². The second-order valence-electron chi connectivity index (χ2n) is 8.10. The molecule has 0 saturated carbocycles. The van der Waals surface area contributed by atoms with E-state index in [0.29, 0.717) is 35.5 Å². The molecule has 0 bridgehead atoms. The highest BCUT2D eigenvalue weighted by molar-refractivity contribution is 6.29. The van der Waals surface area contributed by atoms with E-state index in [1.165, 1.54) is 0 Å². The van der Waals surface area contributed by atoms with E-state index in [9.17, 15) is 9.90 Å². The Balaban J connectivity index is 1.70. The molecule has 1 fully saturated rings. The van der Waals surface area contributed by atoms with E-state index in [1.807, 2.05) is 25.2 Å². The van der Waals surface area contributed by atoms with Crippen LogP contribution in [0.4, 0.5) is 5.69 Å². The number of aromatic nitrogens is 3. The monoisotopic (exact) mass is 438 g/mol. The first kappa shape index (κ1) is 20.2. The average Bonchev–Trinajstić information content (AvgIpc) is 2.75. The fourth-order valence-electron chi connectivity index (χ4n) is 4.52. The van der Waals surface area contributed by atoms with Gasteiger partial charge in [0, 0.05) is 32.0 Å². The third-order valence-corrected chi connectivity index (χ3v) is 6.26. The first-order valence-corrected chi connectivity index (χ1v) is 10.7. The van der Waals surface area contributed by atoms with Gasteiger partial charge in [-0.05, 0) is 42.2 Å². The van der Waals surface area contributed by atoms with E-state index < -0.39 is 6.10 Å². The zero-order valence-corrected chi connectivity index (χ0v) is 17.9. The maximum absolute atomic E-state index is 13.5. The fourth-order valence-corrected chi connectivity index (χ4v) is 4.71. The Bertz CT molecular complexity index is 1240. The molecule has 0 amide bonds. The number of benzene rings is 1. The molecule has 5 rings (SSSR count). The number of pyridine rings is 1. The fraction of sp³-hybridized carbons (Fsp3) is 0.348. The third-order valence-electron chi connectivity index (χ3n) is 6.05. The summed E-state index contributed by atoms with van der Waals surface area (Å²) in [5.74, 6) is 0. The van der Waals surface area contributed by atoms with Crippen LogP contribution in [-0.4, -0.2) is 52.6 Å². The van der Waals surface area contributed by atoms with Gasteiger partial charge in [0.2, 0.25) is 0 Å². The zero-order chi connectivity index (χ0) is 21.5. The third kappa shape index (κ3) is 3.63. The number of rotatable bonds is 3. The van der Waals surface area contributed by atoms with Crippen LogP contribution >= 0.6 is 11.6 Å². The van der Waals surface area contributed by atoms with Gasteiger partial charge in [-0.3, -0.25) is 9.36 Å². The van der Waals surface area contributed by atoms with Crippen molar-refractivity contribution in [2.24, 2.45) is 0 Å². The Hall–Kier alpha value is -2.74. The predicted molar refractivity (Wildman–Crippen MR) is 121 cm³/mol. The Kier molecular flexibility index (Phi) is 5.25. The van der Waals surface area contributed by atoms with E-state index in [0.717, 1.165) is 28.9 Å². The highest BCUT2D eigenvalue weighted by atomic mass is 35.5. The summed E-state index contributed by atoms with van der Waals surface area (Å²) in [6, 6.07) is 5.37. The second-order valence-corrected chi connectivity index (χ2v) is 8.48. The molecule has 160 valence electrons. The van der Waals surface area contributed by atoms with Crippen molar-refractivity contribution < 1.29 is 9.84 Å². The SMILES string of the molecule is CN1CC=Cc2c(Cc3ccnc(Cl)c3)cc3c(=O)n([C@H]4CCOC[C@@H]4O)cnc3c21. The van der Waals surface area contributed by atoms with Crippen molar-refractivity contribution in [1.29, 1.82) is 0 Å². The number of hydrogen-bond acceptors (Lipinski definition) is 6. The normalized spacial score (nSPS) is 20.8. The summed E-state index contributed by atoms with van der Waals surface area (Å²) in [4.78, 5) is 24.4. The Morgan fingerprint density at radius 1 is 1.32 bits per heavy atom. The number of aliphatic hydroxyl groups is 1. The van der Waals surface area contributed by atoms with Crippen molar-refractivity contribution in [3.05, 3.63) is 69.0 Å². The smallest absolute Gasteiger partial charge is 0.261 e. The molecule has 1 N–H and O–H groups in total. The molecular weight excluding hydrogens is 416 g/mol. The van der Waals surface area contributed by atoms with Crippen molar-refractivity contribution in [3.8, 4) is 0 Å². The molecule has 2 atom stereocenters. The van der Waals surface area contributed by atoms with Gasteiger partial charge in [0.05, 0.1) is 36.2 Å². The van der Waals surface area contributed by atoms with Crippen LogP contribution in [0.3, 0.4) is 0 Å². The number of fused-ring (bicyclic) bond motifs is 3. The second kappa shape index (κ2) is 8.07. The van der Waals surface area contributed by atoms with Gasteiger partial charge in [-0.1, -0.05) is 23.8 Å². The van der Waals surface area contributed by atoms with E-state index >= 15 is 0 Å². The standard InChI is InChI=1S/C23H23ClN4O3/c1-27-7-2-3-16-15(9-14-4-6-25-20(24)10-14)11-17-21(22(16)27)26-13-28(23(17)30)18-5-8-31-12-19(18)29/h2-4,6,10-11,13,18-19,29H,5,7-9,12H2,1H3/t18-,19-/m0/s1. The summed E-state index contributed by atoms with van der Waals surface area (Å²) in [5.41, 5.74) is 4.60. The number of likely N-dealkylation sites (N-methyl/N-ethyl adjacent to an activating group) is 1. The lowest BCUT2D eigenvalue weighted by atomic mass is 9.94. The highest BCUT2D eigenvalue weighted by Crippen LogP contribution is 2.35. The minimum atomic E-state index is -0.729. The van der Waals surface area contributed by atoms with Gasteiger partial charge in [-0.15, -0.1) is 0 Å². The van der Waals surface area contributed by atoms with E-state index in [1.54, 1.807) is 17.1 Å². The molecule has 0 unspecified atom stereocenters. The highest BCUT2D eigenvalue weighted by Gasteiger charge is 2.28. The van der Waals surface area contributed by atoms with Gasteiger partial charge in [-0.25, -0.2) is 9.97 Å². The van der Waals surface area contributed by atoms with E-state index in [2.05, 4.69) is 27.0 Å². The number of aliphatic hydroxyl groups excluding tert-OH is 1. The van der Waals surface area contributed by atoms with E-state index in [4.69, 9.17) is 16.3 Å². The first-order valence-electron chi connectivity index (χ1n) is 10.3. The van der Waals surface area contributed by atoms with Crippen LogP contribution in [0.2, 0.25) is 5.15 Å². The minimum absolute atomic E-state index is 0.143. The van der Waals surface area contributed by atoms with Gasteiger partial charge in [0.1, 0.15) is 10.7 Å². The number of halogens is 1. The van der Waals surface area contributed by atoms with Crippen molar-refractivity contribution in [1.82, 2.24) is 14.5 Å². The molecule has 31 heavy (non-hydrogen) atoms. The lowest BCUT2D eigenvalue weighted by Gasteiger charge is -2.30. The molecule has 3 aromatic rings. The molecule has 2 aromatic heterocycles.